The quantitative estimate of drug-likeness (QED) is 0.271. The summed E-state index contributed by atoms with van der Waals surface area (Å²) in [6.45, 7) is 2.20. The number of carbonyl (C=O) groups excluding carboxylic acids is 2. The molecule has 8 heteroatoms. The summed E-state index contributed by atoms with van der Waals surface area (Å²) in [7, 11) is 3.20. The lowest BCUT2D eigenvalue weighted by Crippen LogP contribution is -2.36. The van der Waals surface area contributed by atoms with Gasteiger partial charge in [0.2, 0.25) is 0 Å². The van der Waals surface area contributed by atoms with Gasteiger partial charge in [-0.25, -0.2) is 4.79 Å². The van der Waals surface area contributed by atoms with Crippen LogP contribution in [0.2, 0.25) is 0 Å². The Hall–Kier alpha value is -4.04. The van der Waals surface area contributed by atoms with E-state index < -0.39 is 11.9 Å². The average molecular weight is 546 g/mol. The summed E-state index contributed by atoms with van der Waals surface area (Å²) in [5.74, 6) is 1.07. The van der Waals surface area contributed by atoms with Gasteiger partial charge >= 0.3 is 5.97 Å². The van der Waals surface area contributed by atoms with Gasteiger partial charge in [0.25, 0.3) is 0 Å². The summed E-state index contributed by atoms with van der Waals surface area (Å²) < 4.78 is 22.2. The van der Waals surface area contributed by atoms with Crippen molar-refractivity contribution in [2.24, 2.45) is 0 Å². The summed E-state index contributed by atoms with van der Waals surface area (Å²) in [5, 5.41) is 5.36. The van der Waals surface area contributed by atoms with Crippen LogP contribution in [0.1, 0.15) is 42.0 Å². The van der Waals surface area contributed by atoms with Crippen molar-refractivity contribution in [1.29, 1.82) is 0 Å². The number of Topliss-reactive ketones (excluding diaryl/α,β-unsaturated/α-hetero) is 1. The Labute approximate surface area is 232 Å². The third-order valence-corrected chi connectivity index (χ3v) is 8.02. The van der Waals surface area contributed by atoms with Crippen LogP contribution in [0.25, 0.3) is 0 Å². The highest BCUT2D eigenvalue weighted by atomic mass is 32.1. The van der Waals surface area contributed by atoms with Crippen LogP contribution in [-0.2, 0) is 14.3 Å². The maximum atomic E-state index is 13.7. The molecule has 7 nitrogen and oxygen atoms in total. The molecule has 0 bridgehead atoms. The summed E-state index contributed by atoms with van der Waals surface area (Å²) in [6, 6.07) is 19.1. The first-order chi connectivity index (χ1) is 19.0. The van der Waals surface area contributed by atoms with E-state index in [0.717, 1.165) is 16.1 Å². The number of dihydropyridines is 1. The van der Waals surface area contributed by atoms with Crippen molar-refractivity contribution < 1.29 is 28.5 Å². The smallest absolute Gasteiger partial charge is 0.336 e. The summed E-state index contributed by atoms with van der Waals surface area (Å²) >= 11 is 1.53. The molecule has 0 fully saturated rings. The lowest BCUT2D eigenvalue weighted by molar-refractivity contribution is -0.140. The Bertz CT molecular complexity index is 1410. The second-order valence-electron chi connectivity index (χ2n) is 9.44. The predicted molar refractivity (Wildman–Crippen MR) is 149 cm³/mol. The summed E-state index contributed by atoms with van der Waals surface area (Å²) in [4.78, 5) is 28.1. The van der Waals surface area contributed by atoms with Crippen molar-refractivity contribution in [3.8, 4) is 17.2 Å². The van der Waals surface area contributed by atoms with Crippen molar-refractivity contribution in [3.63, 3.8) is 0 Å². The SMILES string of the molecule is COc1ccc([C@@H]2CC(=O)C3=C(C2)NC(C)=C(C(=O)OCCOc2ccccc2)[C@@H]3c2cccs2)cc1OC. The molecule has 0 amide bonds. The number of allylic oxidation sites excluding steroid dienone is 3. The molecule has 5 rings (SSSR count). The second-order valence-corrected chi connectivity index (χ2v) is 10.4. The van der Waals surface area contributed by atoms with E-state index in [1.54, 1.807) is 14.2 Å². The number of nitrogens with one attached hydrogen (secondary N) is 1. The number of para-hydroxylation sites is 1. The standard InChI is InChI=1S/C31H31NO6S/c1-19-28(31(34)38-14-13-37-22-8-5-4-6-9-22)30(27-10-7-15-39-27)29-23(32-19)16-21(17-24(29)33)20-11-12-25(35-2)26(18-20)36-3/h4-12,15,18,21,30,32H,13-14,16-17H2,1-3H3/t21-,30-/m0/s1. The number of benzene rings is 2. The Morgan fingerprint density at radius 1 is 0.974 bits per heavy atom. The minimum atomic E-state index is -0.470. The van der Waals surface area contributed by atoms with Crippen molar-refractivity contribution >= 4 is 23.1 Å². The van der Waals surface area contributed by atoms with Crippen LogP contribution in [0.5, 0.6) is 17.2 Å². The van der Waals surface area contributed by atoms with Crippen molar-refractivity contribution in [2.45, 2.75) is 31.6 Å². The van der Waals surface area contributed by atoms with Gasteiger partial charge in [-0.05, 0) is 60.5 Å². The number of methoxy groups -OCH3 is 2. The lowest BCUT2D eigenvalue weighted by atomic mass is 9.73. The van der Waals surface area contributed by atoms with E-state index in [1.165, 1.54) is 11.3 Å². The summed E-state index contributed by atoms with van der Waals surface area (Å²) in [5.41, 5.74) is 3.67. The third kappa shape index (κ3) is 5.56. The Morgan fingerprint density at radius 2 is 1.77 bits per heavy atom. The van der Waals surface area contributed by atoms with E-state index in [0.29, 0.717) is 46.9 Å². The molecule has 1 N–H and O–H groups in total. The fourth-order valence-electron chi connectivity index (χ4n) is 5.28. The maximum absolute atomic E-state index is 13.7. The number of esters is 1. The topological polar surface area (TPSA) is 83.1 Å². The second kappa shape index (κ2) is 11.8. The van der Waals surface area contributed by atoms with E-state index in [2.05, 4.69) is 5.32 Å². The molecule has 2 aromatic carbocycles. The fourth-order valence-corrected chi connectivity index (χ4v) is 6.12. The molecule has 1 aliphatic heterocycles. The zero-order chi connectivity index (χ0) is 27.4. The van der Waals surface area contributed by atoms with E-state index >= 15 is 0 Å². The number of hydrogen-bond donors (Lipinski definition) is 1. The van der Waals surface area contributed by atoms with Crippen LogP contribution in [0.3, 0.4) is 0 Å². The first-order valence-corrected chi connectivity index (χ1v) is 13.7. The molecule has 0 unspecified atom stereocenters. The molecule has 1 aromatic heterocycles. The number of ether oxygens (including phenoxy) is 4. The van der Waals surface area contributed by atoms with Gasteiger partial charge in [-0.2, -0.15) is 0 Å². The molecule has 0 spiro atoms. The Kier molecular flexibility index (Phi) is 8.02. The molecule has 0 radical (unpaired) electrons. The van der Waals surface area contributed by atoms with E-state index in [9.17, 15) is 9.59 Å². The minimum absolute atomic E-state index is 0.0205. The molecular formula is C31H31NO6S. The van der Waals surface area contributed by atoms with Crippen LogP contribution in [-0.4, -0.2) is 39.2 Å². The average Bonchev–Trinajstić information content (AvgIpc) is 3.49. The van der Waals surface area contributed by atoms with Crippen molar-refractivity contribution in [2.75, 3.05) is 27.4 Å². The highest BCUT2D eigenvalue weighted by Crippen LogP contribution is 2.47. The van der Waals surface area contributed by atoms with Gasteiger partial charge in [0.05, 0.1) is 25.7 Å². The molecule has 2 heterocycles. The lowest BCUT2D eigenvalue weighted by Gasteiger charge is -2.36. The number of carbonyl (C=O) groups is 2. The van der Waals surface area contributed by atoms with E-state index in [-0.39, 0.29) is 24.9 Å². The number of hydrogen-bond acceptors (Lipinski definition) is 8. The van der Waals surface area contributed by atoms with Crippen molar-refractivity contribution in [3.05, 3.63) is 99.0 Å². The van der Waals surface area contributed by atoms with Crippen molar-refractivity contribution in [1.82, 2.24) is 5.32 Å². The van der Waals surface area contributed by atoms with Crippen LogP contribution >= 0.6 is 11.3 Å². The predicted octanol–water partition coefficient (Wildman–Crippen LogP) is 5.75. The monoisotopic (exact) mass is 545 g/mol. The molecule has 202 valence electrons. The van der Waals surface area contributed by atoms with Gasteiger partial charge in [-0.3, -0.25) is 4.79 Å². The van der Waals surface area contributed by atoms with Crippen LogP contribution in [0, 0.1) is 0 Å². The van der Waals surface area contributed by atoms with E-state index in [4.69, 9.17) is 18.9 Å². The van der Waals surface area contributed by atoms with Crippen LogP contribution in [0.15, 0.2) is 88.6 Å². The zero-order valence-electron chi connectivity index (χ0n) is 22.2. The highest BCUT2D eigenvalue weighted by Gasteiger charge is 2.42. The Morgan fingerprint density at radius 3 is 2.49 bits per heavy atom. The largest absolute Gasteiger partial charge is 0.493 e. The molecular weight excluding hydrogens is 514 g/mol. The molecule has 3 aromatic rings. The molecule has 2 atom stereocenters. The van der Waals surface area contributed by atoms with Gasteiger partial charge in [0, 0.05) is 28.3 Å². The van der Waals surface area contributed by atoms with Gasteiger partial charge in [-0.15, -0.1) is 11.3 Å². The van der Waals surface area contributed by atoms with Gasteiger partial charge in [-0.1, -0.05) is 30.3 Å². The Balaban J connectivity index is 1.38. The molecule has 0 saturated carbocycles. The highest BCUT2D eigenvalue weighted by molar-refractivity contribution is 7.10. The van der Waals surface area contributed by atoms with Crippen LogP contribution < -0.4 is 19.5 Å². The minimum Gasteiger partial charge on any atom is -0.493 e. The van der Waals surface area contributed by atoms with Gasteiger partial charge < -0.3 is 24.3 Å². The number of thiophene rings is 1. The first kappa shape index (κ1) is 26.6. The maximum Gasteiger partial charge on any atom is 0.336 e. The fraction of sp³-hybridized carbons (Fsp3) is 0.290. The summed E-state index contributed by atoms with van der Waals surface area (Å²) in [6.07, 6.45) is 0.979. The molecule has 1 aliphatic carbocycles. The van der Waals surface area contributed by atoms with Gasteiger partial charge in [0.1, 0.15) is 19.0 Å². The number of ketones is 1. The van der Waals surface area contributed by atoms with Gasteiger partial charge in [0.15, 0.2) is 17.3 Å². The molecule has 2 aliphatic rings. The van der Waals surface area contributed by atoms with Crippen LogP contribution in [0.4, 0.5) is 0 Å². The number of rotatable bonds is 9. The molecule has 39 heavy (non-hydrogen) atoms. The van der Waals surface area contributed by atoms with E-state index in [1.807, 2.05) is 73.0 Å². The zero-order valence-corrected chi connectivity index (χ0v) is 23.0. The normalized spacial score (nSPS) is 18.8. The first-order valence-electron chi connectivity index (χ1n) is 12.8. The third-order valence-electron chi connectivity index (χ3n) is 7.08. The molecule has 0 saturated heterocycles.